The molecule has 3 aliphatic rings. The van der Waals surface area contributed by atoms with Gasteiger partial charge >= 0.3 is 11.9 Å². The van der Waals surface area contributed by atoms with Crippen LogP contribution < -0.4 is 0 Å². The molecule has 2 aliphatic heterocycles. The maximum Gasteiger partial charge on any atom is 0.306 e. The second-order valence-electron chi connectivity index (χ2n) is 11.2. The Labute approximate surface area is 197 Å². The largest absolute Gasteiger partial charge is 0.459 e. The standard InChI is InChI=1S/C26H42O7/c1-8-9-20(30)33-26(7)13-18(29)21(14(2)3)22-23(26)19-12-15(4)17(28)10-11-25(6,24(22)31-19)32-16(5)27/h14,17-19,21-24,28-29H,4,8-13H2,1-3,5-7H3/t17-,18+,19+,21-,22+,23+,24+,25+,26+/m0/s1. The molecule has 0 unspecified atom stereocenters. The molecule has 0 spiro atoms. The molecule has 1 saturated carbocycles. The SMILES string of the molecule is C=C1C[C@H]2O[C@H]([C@@H]3[C@@H](C(C)C)[C@H](O)C[C@@](C)(OC(=O)CCC)[C@@H]32)[C@](C)(OC(C)=O)CC[C@@H]1O. The molecule has 33 heavy (non-hydrogen) atoms. The second-order valence-corrected chi connectivity index (χ2v) is 11.2. The summed E-state index contributed by atoms with van der Waals surface area (Å²) < 4.78 is 18.7. The number of hydrogen-bond acceptors (Lipinski definition) is 7. The summed E-state index contributed by atoms with van der Waals surface area (Å²) in [5.74, 6) is -1.09. The Balaban J connectivity index is 2.14. The summed E-state index contributed by atoms with van der Waals surface area (Å²) in [7, 11) is 0. The van der Waals surface area contributed by atoms with Crippen LogP contribution >= 0.6 is 0 Å². The summed E-state index contributed by atoms with van der Waals surface area (Å²) >= 11 is 0. The number of aliphatic hydroxyl groups excluding tert-OH is 2. The van der Waals surface area contributed by atoms with Crippen LogP contribution in [0.15, 0.2) is 12.2 Å². The van der Waals surface area contributed by atoms with Gasteiger partial charge in [0, 0.05) is 31.6 Å². The van der Waals surface area contributed by atoms with E-state index in [1.165, 1.54) is 6.92 Å². The van der Waals surface area contributed by atoms with Crippen LogP contribution in [-0.2, 0) is 23.8 Å². The van der Waals surface area contributed by atoms with Crippen LogP contribution in [0.2, 0.25) is 0 Å². The van der Waals surface area contributed by atoms with Gasteiger partial charge in [0.15, 0.2) is 0 Å². The lowest BCUT2D eigenvalue weighted by Gasteiger charge is -2.52. The Kier molecular flexibility index (Phi) is 7.67. The third-order valence-corrected chi connectivity index (χ3v) is 8.09. The van der Waals surface area contributed by atoms with E-state index in [-0.39, 0.29) is 35.7 Å². The lowest BCUT2D eigenvalue weighted by Crippen LogP contribution is -2.60. The van der Waals surface area contributed by atoms with Crippen molar-refractivity contribution in [3.8, 4) is 0 Å². The number of carbonyl (C=O) groups excluding carboxylic acids is 2. The molecule has 188 valence electrons. The molecule has 0 radical (unpaired) electrons. The van der Waals surface area contributed by atoms with Gasteiger partial charge in [0.05, 0.1) is 18.3 Å². The Morgan fingerprint density at radius 1 is 1.21 bits per heavy atom. The van der Waals surface area contributed by atoms with Crippen molar-refractivity contribution in [2.75, 3.05) is 0 Å². The molecule has 7 heteroatoms. The molecule has 2 N–H and O–H groups in total. The minimum atomic E-state index is -0.992. The number of aliphatic hydroxyl groups is 2. The Hall–Kier alpha value is -1.44. The third kappa shape index (κ3) is 5.01. The van der Waals surface area contributed by atoms with Crippen LogP contribution in [0.5, 0.6) is 0 Å². The molecule has 1 aliphatic carbocycles. The average molecular weight is 467 g/mol. The normalized spacial score (nSPS) is 43.3. The predicted octanol–water partition coefficient (Wildman–Crippen LogP) is 3.55. The van der Waals surface area contributed by atoms with Crippen LogP contribution in [0.3, 0.4) is 0 Å². The topological polar surface area (TPSA) is 102 Å². The zero-order chi connectivity index (χ0) is 24.7. The number of fused-ring (bicyclic) bond motifs is 5. The summed E-state index contributed by atoms with van der Waals surface area (Å²) in [5, 5.41) is 22.0. The molecule has 3 rings (SSSR count). The van der Waals surface area contributed by atoms with Gasteiger partial charge in [0.1, 0.15) is 17.3 Å². The number of rotatable bonds is 5. The molecule has 2 heterocycles. The molecule has 3 fully saturated rings. The molecular formula is C26H42O7. The van der Waals surface area contributed by atoms with Crippen molar-refractivity contribution < 1.29 is 34.0 Å². The highest BCUT2D eigenvalue weighted by Crippen LogP contribution is 2.58. The highest BCUT2D eigenvalue weighted by Gasteiger charge is 2.66. The first-order valence-corrected chi connectivity index (χ1v) is 12.4. The van der Waals surface area contributed by atoms with Crippen molar-refractivity contribution in [1.82, 2.24) is 0 Å². The molecule has 0 aromatic carbocycles. The highest BCUT2D eigenvalue weighted by atomic mass is 16.6. The maximum atomic E-state index is 12.6. The lowest BCUT2D eigenvalue weighted by molar-refractivity contribution is -0.194. The van der Waals surface area contributed by atoms with E-state index >= 15 is 0 Å². The number of hydrogen-bond donors (Lipinski definition) is 2. The van der Waals surface area contributed by atoms with E-state index in [4.69, 9.17) is 14.2 Å². The van der Waals surface area contributed by atoms with Gasteiger partial charge in [-0.3, -0.25) is 9.59 Å². The predicted molar refractivity (Wildman–Crippen MR) is 123 cm³/mol. The van der Waals surface area contributed by atoms with Gasteiger partial charge in [-0.05, 0) is 56.9 Å². The quantitative estimate of drug-likeness (QED) is 0.472. The summed E-state index contributed by atoms with van der Waals surface area (Å²) in [6.45, 7) is 15.3. The first kappa shape index (κ1) is 26.2. The molecule has 0 aromatic rings. The average Bonchev–Trinajstić information content (AvgIpc) is 3.06. The van der Waals surface area contributed by atoms with Crippen LogP contribution in [0, 0.1) is 23.7 Å². The van der Waals surface area contributed by atoms with Gasteiger partial charge in [-0.15, -0.1) is 0 Å². The number of carbonyl (C=O) groups is 2. The fourth-order valence-corrected chi connectivity index (χ4v) is 6.83. The molecule has 0 aromatic heterocycles. The number of esters is 2. The monoisotopic (exact) mass is 466 g/mol. The fourth-order valence-electron chi connectivity index (χ4n) is 6.83. The van der Waals surface area contributed by atoms with Crippen molar-refractivity contribution in [3.05, 3.63) is 12.2 Å². The van der Waals surface area contributed by atoms with Crippen molar-refractivity contribution in [3.63, 3.8) is 0 Å². The molecular weight excluding hydrogens is 424 g/mol. The van der Waals surface area contributed by atoms with E-state index < -0.39 is 35.5 Å². The molecule has 2 bridgehead atoms. The van der Waals surface area contributed by atoms with Gasteiger partial charge in [0.2, 0.25) is 0 Å². The molecule has 2 saturated heterocycles. The fraction of sp³-hybridized carbons (Fsp3) is 0.846. The van der Waals surface area contributed by atoms with E-state index in [1.807, 2.05) is 20.8 Å². The Morgan fingerprint density at radius 2 is 1.88 bits per heavy atom. The second kappa shape index (κ2) is 9.67. The van der Waals surface area contributed by atoms with E-state index in [2.05, 4.69) is 20.4 Å². The van der Waals surface area contributed by atoms with Crippen molar-refractivity contribution >= 4 is 11.9 Å². The Morgan fingerprint density at radius 3 is 2.45 bits per heavy atom. The first-order valence-electron chi connectivity index (χ1n) is 12.4. The summed E-state index contributed by atoms with van der Waals surface area (Å²) in [4.78, 5) is 24.8. The zero-order valence-electron chi connectivity index (χ0n) is 21.0. The van der Waals surface area contributed by atoms with Crippen molar-refractivity contribution in [2.45, 2.75) is 116 Å². The Bertz CT molecular complexity index is 764. The van der Waals surface area contributed by atoms with Crippen LogP contribution in [-0.4, -0.2) is 57.8 Å². The van der Waals surface area contributed by atoms with Gasteiger partial charge in [0.25, 0.3) is 0 Å². The van der Waals surface area contributed by atoms with E-state index in [0.29, 0.717) is 44.1 Å². The van der Waals surface area contributed by atoms with Crippen LogP contribution in [0.1, 0.15) is 80.1 Å². The maximum absolute atomic E-state index is 12.6. The van der Waals surface area contributed by atoms with Crippen molar-refractivity contribution in [1.29, 1.82) is 0 Å². The molecule has 0 amide bonds. The van der Waals surface area contributed by atoms with E-state index in [1.54, 1.807) is 0 Å². The summed E-state index contributed by atoms with van der Waals surface area (Å²) in [6, 6.07) is 0. The first-order chi connectivity index (χ1) is 15.3. The van der Waals surface area contributed by atoms with Gasteiger partial charge in [-0.2, -0.15) is 0 Å². The van der Waals surface area contributed by atoms with E-state index in [0.717, 1.165) is 0 Å². The molecule has 7 nitrogen and oxygen atoms in total. The molecule has 9 atom stereocenters. The third-order valence-electron chi connectivity index (χ3n) is 8.09. The number of ether oxygens (including phenoxy) is 3. The minimum Gasteiger partial charge on any atom is -0.459 e. The van der Waals surface area contributed by atoms with Crippen LogP contribution in [0.25, 0.3) is 0 Å². The van der Waals surface area contributed by atoms with Gasteiger partial charge in [-0.1, -0.05) is 27.4 Å². The minimum absolute atomic E-state index is 0.115. The van der Waals surface area contributed by atoms with Crippen LogP contribution in [0.4, 0.5) is 0 Å². The zero-order valence-corrected chi connectivity index (χ0v) is 21.0. The van der Waals surface area contributed by atoms with Gasteiger partial charge in [-0.25, -0.2) is 0 Å². The highest BCUT2D eigenvalue weighted by molar-refractivity contribution is 5.70. The summed E-state index contributed by atoms with van der Waals surface area (Å²) in [6.07, 6.45) is 0.252. The smallest absolute Gasteiger partial charge is 0.306 e. The van der Waals surface area contributed by atoms with E-state index in [9.17, 15) is 19.8 Å². The van der Waals surface area contributed by atoms with Crippen molar-refractivity contribution in [2.24, 2.45) is 23.7 Å². The van der Waals surface area contributed by atoms with Gasteiger partial charge < -0.3 is 24.4 Å². The lowest BCUT2D eigenvalue weighted by atomic mass is 9.56. The summed E-state index contributed by atoms with van der Waals surface area (Å²) in [5.41, 5.74) is -1.27.